The topological polar surface area (TPSA) is 76.1 Å². The molecule has 1 fully saturated rings. The SMILES string of the molecule is CCCCCN1C(=O)C(=O)/C(=C(/O)c2ccc(OC)cc2OC)C1c1ccccc1C. The second-order valence-corrected chi connectivity index (χ2v) is 7.62. The van der Waals surface area contributed by atoms with Crippen molar-refractivity contribution in [1.82, 2.24) is 4.90 Å². The van der Waals surface area contributed by atoms with Crippen LogP contribution in [0.25, 0.3) is 5.76 Å². The summed E-state index contributed by atoms with van der Waals surface area (Å²) in [6.45, 7) is 4.48. The van der Waals surface area contributed by atoms with Crippen LogP contribution in [0, 0.1) is 6.92 Å². The normalized spacial score (nSPS) is 17.8. The number of carbonyl (C=O) groups is 2. The van der Waals surface area contributed by atoms with Gasteiger partial charge in [-0.15, -0.1) is 0 Å². The Morgan fingerprint density at radius 3 is 2.45 bits per heavy atom. The maximum absolute atomic E-state index is 13.1. The van der Waals surface area contributed by atoms with Gasteiger partial charge in [0.2, 0.25) is 0 Å². The van der Waals surface area contributed by atoms with E-state index in [4.69, 9.17) is 9.47 Å². The second kappa shape index (κ2) is 9.69. The van der Waals surface area contributed by atoms with Gasteiger partial charge in [-0.05, 0) is 36.6 Å². The largest absolute Gasteiger partial charge is 0.507 e. The highest BCUT2D eigenvalue weighted by atomic mass is 16.5. The van der Waals surface area contributed by atoms with Crippen LogP contribution in [0.3, 0.4) is 0 Å². The molecule has 0 aromatic heterocycles. The Balaban J connectivity index is 2.19. The Hall–Kier alpha value is -3.28. The molecule has 1 atom stereocenters. The number of likely N-dealkylation sites (tertiary alicyclic amines) is 1. The standard InChI is InChI=1S/C25H29NO5/c1-5-6-9-14-26-22(18-11-8-7-10-16(18)2)21(24(28)25(26)29)23(27)19-13-12-17(30-3)15-20(19)31-4/h7-8,10-13,15,22,27H,5-6,9,14H2,1-4H3/b23-21+. The maximum Gasteiger partial charge on any atom is 0.295 e. The van der Waals surface area contributed by atoms with E-state index in [1.54, 1.807) is 23.1 Å². The summed E-state index contributed by atoms with van der Waals surface area (Å²) in [5, 5.41) is 11.3. The lowest BCUT2D eigenvalue weighted by molar-refractivity contribution is -0.139. The molecule has 6 heteroatoms. The molecule has 2 aromatic rings. The summed E-state index contributed by atoms with van der Waals surface area (Å²) in [6.07, 6.45) is 2.75. The van der Waals surface area contributed by atoms with Crippen molar-refractivity contribution in [2.75, 3.05) is 20.8 Å². The molecular formula is C25H29NO5. The van der Waals surface area contributed by atoms with Crippen LogP contribution in [-0.2, 0) is 9.59 Å². The number of unbranched alkanes of at least 4 members (excludes halogenated alkanes) is 2. The molecule has 0 radical (unpaired) electrons. The lowest BCUT2D eigenvalue weighted by atomic mass is 9.92. The molecule has 1 aliphatic heterocycles. The van der Waals surface area contributed by atoms with E-state index in [1.807, 2.05) is 31.2 Å². The van der Waals surface area contributed by atoms with E-state index in [0.29, 0.717) is 23.6 Å². The molecule has 1 heterocycles. The Kier molecular flexibility index (Phi) is 7.00. The first-order valence-electron chi connectivity index (χ1n) is 10.5. The molecule has 0 aliphatic carbocycles. The number of hydrogen-bond donors (Lipinski definition) is 1. The van der Waals surface area contributed by atoms with E-state index < -0.39 is 17.7 Å². The number of carbonyl (C=O) groups excluding carboxylic acids is 2. The van der Waals surface area contributed by atoms with E-state index in [9.17, 15) is 14.7 Å². The van der Waals surface area contributed by atoms with Crippen molar-refractivity contribution in [2.45, 2.75) is 39.2 Å². The smallest absolute Gasteiger partial charge is 0.295 e. The van der Waals surface area contributed by atoms with Crippen molar-refractivity contribution in [3.63, 3.8) is 0 Å². The number of ether oxygens (including phenoxy) is 2. The van der Waals surface area contributed by atoms with Crippen LogP contribution in [0.2, 0.25) is 0 Å². The van der Waals surface area contributed by atoms with Gasteiger partial charge in [-0.2, -0.15) is 0 Å². The molecule has 0 spiro atoms. The number of rotatable bonds is 8. The maximum atomic E-state index is 13.1. The van der Waals surface area contributed by atoms with Gasteiger partial charge in [0.15, 0.2) is 0 Å². The van der Waals surface area contributed by atoms with Gasteiger partial charge in [-0.1, -0.05) is 44.0 Å². The average molecular weight is 424 g/mol. The quantitative estimate of drug-likeness (QED) is 0.290. The van der Waals surface area contributed by atoms with Crippen molar-refractivity contribution >= 4 is 17.4 Å². The summed E-state index contributed by atoms with van der Waals surface area (Å²) in [4.78, 5) is 27.7. The number of nitrogens with zero attached hydrogens (tertiary/aromatic N) is 1. The van der Waals surface area contributed by atoms with Gasteiger partial charge in [-0.3, -0.25) is 9.59 Å². The monoisotopic (exact) mass is 423 g/mol. The Bertz CT molecular complexity index is 1010. The summed E-state index contributed by atoms with van der Waals surface area (Å²) >= 11 is 0. The van der Waals surface area contributed by atoms with Gasteiger partial charge in [0.25, 0.3) is 11.7 Å². The lowest BCUT2D eigenvalue weighted by Gasteiger charge is -2.26. The van der Waals surface area contributed by atoms with Crippen LogP contribution in [0.1, 0.15) is 48.9 Å². The second-order valence-electron chi connectivity index (χ2n) is 7.62. The summed E-state index contributed by atoms with van der Waals surface area (Å²) in [6, 6.07) is 11.9. The number of aliphatic hydroxyl groups is 1. The highest BCUT2D eigenvalue weighted by Gasteiger charge is 2.46. The Labute approximate surface area is 183 Å². The molecule has 6 nitrogen and oxygen atoms in total. The van der Waals surface area contributed by atoms with Crippen LogP contribution in [0.5, 0.6) is 11.5 Å². The third-order valence-electron chi connectivity index (χ3n) is 5.69. The van der Waals surface area contributed by atoms with Crippen LogP contribution >= 0.6 is 0 Å². The number of Topliss-reactive ketones (excluding diaryl/α,β-unsaturated/α-hetero) is 1. The van der Waals surface area contributed by atoms with Crippen LogP contribution in [0.15, 0.2) is 48.0 Å². The molecule has 31 heavy (non-hydrogen) atoms. The fourth-order valence-corrected chi connectivity index (χ4v) is 4.00. The fraction of sp³-hybridized carbons (Fsp3) is 0.360. The molecule has 1 unspecified atom stereocenters. The first kappa shape index (κ1) is 22.4. The number of amides is 1. The van der Waals surface area contributed by atoms with E-state index in [-0.39, 0.29) is 11.3 Å². The minimum Gasteiger partial charge on any atom is -0.507 e. The first-order valence-corrected chi connectivity index (χ1v) is 10.5. The highest BCUT2D eigenvalue weighted by molar-refractivity contribution is 6.46. The van der Waals surface area contributed by atoms with E-state index >= 15 is 0 Å². The zero-order valence-corrected chi connectivity index (χ0v) is 18.5. The number of hydrogen-bond acceptors (Lipinski definition) is 5. The average Bonchev–Trinajstić information content (AvgIpc) is 3.03. The van der Waals surface area contributed by atoms with Crippen molar-refractivity contribution in [2.24, 2.45) is 0 Å². The third-order valence-corrected chi connectivity index (χ3v) is 5.69. The van der Waals surface area contributed by atoms with Gasteiger partial charge < -0.3 is 19.5 Å². The summed E-state index contributed by atoms with van der Waals surface area (Å²) in [5.74, 6) is -0.593. The highest BCUT2D eigenvalue weighted by Crippen LogP contribution is 2.42. The van der Waals surface area contributed by atoms with Gasteiger partial charge in [0.1, 0.15) is 17.3 Å². The van der Waals surface area contributed by atoms with Crippen molar-refractivity contribution in [3.8, 4) is 11.5 Å². The molecule has 1 aliphatic rings. The van der Waals surface area contributed by atoms with Gasteiger partial charge >= 0.3 is 0 Å². The molecule has 1 amide bonds. The molecule has 1 N–H and O–H groups in total. The minimum absolute atomic E-state index is 0.0827. The van der Waals surface area contributed by atoms with Crippen LogP contribution in [0.4, 0.5) is 0 Å². The Morgan fingerprint density at radius 1 is 1.06 bits per heavy atom. The first-order chi connectivity index (χ1) is 14.9. The lowest BCUT2D eigenvalue weighted by Crippen LogP contribution is -2.31. The number of aryl methyl sites for hydroxylation is 1. The molecule has 1 saturated heterocycles. The zero-order valence-electron chi connectivity index (χ0n) is 18.5. The van der Waals surface area contributed by atoms with E-state index in [1.165, 1.54) is 14.2 Å². The summed E-state index contributed by atoms with van der Waals surface area (Å²) in [7, 11) is 3.02. The van der Waals surface area contributed by atoms with Crippen molar-refractivity contribution in [1.29, 1.82) is 0 Å². The molecule has 164 valence electrons. The molecule has 3 rings (SSSR count). The Morgan fingerprint density at radius 2 is 1.81 bits per heavy atom. The van der Waals surface area contributed by atoms with Crippen molar-refractivity contribution < 1.29 is 24.2 Å². The van der Waals surface area contributed by atoms with Gasteiger partial charge in [-0.25, -0.2) is 0 Å². The fourth-order valence-electron chi connectivity index (χ4n) is 4.00. The molecule has 0 bridgehead atoms. The summed E-state index contributed by atoms with van der Waals surface area (Å²) in [5.41, 5.74) is 2.20. The van der Waals surface area contributed by atoms with Gasteiger partial charge in [0.05, 0.1) is 31.4 Å². The zero-order chi connectivity index (χ0) is 22.5. The number of aliphatic hydroxyl groups excluding tert-OH is 1. The van der Waals surface area contributed by atoms with Crippen molar-refractivity contribution in [3.05, 3.63) is 64.7 Å². The summed E-state index contributed by atoms with van der Waals surface area (Å²) < 4.78 is 10.6. The van der Waals surface area contributed by atoms with E-state index in [2.05, 4.69) is 6.92 Å². The van der Waals surface area contributed by atoms with Crippen LogP contribution in [-0.4, -0.2) is 42.5 Å². The van der Waals surface area contributed by atoms with Crippen LogP contribution < -0.4 is 9.47 Å². The van der Waals surface area contributed by atoms with E-state index in [0.717, 1.165) is 30.4 Å². The predicted octanol–water partition coefficient (Wildman–Crippen LogP) is 4.62. The predicted molar refractivity (Wildman–Crippen MR) is 119 cm³/mol. The minimum atomic E-state index is -0.680. The number of benzene rings is 2. The van der Waals surface area contributed by atoms with Gasteiger partial charge in [0, 0.05) is 12.6 Å². The number of methoxy groups -OCH3 is 2. The molecular weight excluding hydrogens is 394 g/mol. The molecule has 2 aromatic carbocycles. The molecule has 0 saturated carbocycles. The number of ketones is 1. The third kappa shape index (κ3) is 4.29.